The van der Waals surface area contributed by atoms with Gasteiger partial charge >= 0.3 is 5.97 Å². The molecule has 0 bridgehead atoms. The number of aromatic amines is 1. The van der Waals surface area contributed by atoms with Crippen molar-refractivity contribution < 1.29 is 23.9 Å². The van der Waals surface area contributed by atoms with Gasteiger partial charge in [0.1, 0.15) is 5.75 Å². The summed E-state index contributed by atoms with van der Waals surface area (Å²) in [5.41, 5.74) is 1.00. The number of benzene rings is 1. The minimum absolute atomic E-state index is 0.117. The summed E-state index contributed by atoms with van der Waals surface area (Å²) >= 11 is 0. The van der Waals surface area contributed by atoms with Crippen molar-refractivity contribution in [3.63, 3.8) is 0 Å². The van der Waals surface area contributed by atoms with Crippen LogP contribution in [0.25, 0.3) is 10.9 Å². The normalized spacial score (nSPS) is 10.3. The Morgan fingerprint density at radius 2 is 1.80 bits per heavy atom. The fourth-order valence-corrected chi connectivity index (χ4v) is 2.06. The van der Waals surface area contributed by atoms with E-state index in [2.05, 4.69) is 9.72 Å². The number of Topliss-reactive ketones (excluding diaryl/α,β-unsaturated/α-hetero) is 2. The van der Waals surface area contributed by atoms with Crippen LogP contribution in [0.3, 0.4) is 0 Å². The van der Waals surface area contributed by atoms with Crippen LogP contribution in [-0.4, -0.2) is 36.7 Å². The van der Waals surface area contributed by atoms with Gasteiger partial charge in [-0.15, -0.1) is 0 Å². The molecule has 0 radical (unpaired) electrons. The molecule has 0 spiro atoms. The van der Waals surface area contributed by atoms with Crippen molar-refractivity contribution in [2.45, 2.75) is 6.92 Å². The summed E-state index contributed by atoms with van der Waals surface area (Å²) in [7, 11) is 2.58. The van der Waals surface area contributed by atoms with Gasteiger partial charge in [-0.2, -0.15) is 0 Å². The van der Waals surface area contributed by atoms with Gasteiger partial charge in [-0.1, -0.05) is 0 Å². The van der Waals surface area contributed by atoms with Crippen molar-refractivity contribution in [1.29, 1.82) is 0 Å². The van der Waals surface area contributed by atoms with E-state index in [0.717, 1.165) is 7.11 Å². The maximum Gasteiger partial charge on any atom is 0.379 e. The summed E-state index contributed by atoms with van der Waals surface area (Å²) < 4.78 is 9.61. The molecule has 0 fully saturated rings. The molecular formula is C14H13NO5. The number of rotatable bonds is 4. The molecule has 1 heterocycles. The smallest absolute Gasteiger partial charge is 0.379 e. The molecule has 2 aromatic rings. The van der Waals surface area contributed by atoms with Gasteiger partial charge in [0.15, 0.2) is 5.78 Å². The predicted molar refractivity (Wildman–Crippen MR) is 71.2 cm³/mol. The number of hydrogen-bond acceptors (Lipinski definition) is 5. The lowest BCUT2D eigenvalue weighted by atomic mass is 10.0. The Morgan fingerprint density at radius 3 is 2.35 bits per heavy atom. The Labute approximate surface area is 114 Å². The fourth-order valence-electron chi connectivity index (χ4n) is 2.06. The summed E-state index contributed by atoms with van der Waals surface area (Å²) in [4.78, 5) is 37.8. The van der Waals surface area contributed by atoms with Crippen molar-refractivity contribution in [3.05, 3.63) is 29.5 Å². The Morgan fingerprint density at radius 1 is 1.10 bits per heavy atom. The molecule has 1 N–H and O–H groups in total. The van der Waals surface area contributed by atoms with Gasteiger partial charge in [0.25, 0.3) is 5.78 Å². The number of nitrogens with one attached hydrogen (secondary N) is 1. The number of H-pyrrole nitrogens is 1. The molecule has 0 saturated carbocycles. The number of aromatic nitrogens is 1. The van der Waals surface area contributed by atoms with E-state index >= 15 is 0 Å². The quantitative estimate of drug-likeness (QED) is 0.522. The maximum atomic E-state index is 12.0. The maximum absolute atomic E-state index is 12.0. The zero-order valence-corrected chi connectivity index (χ0v) is 11.3. The van der Waals surface area contributed by atoms with E-state index in [4.69, 9.17) is 4.74 Å². The standard InChI is InChI=1S/C14H13NO5/c1-7(16)8-4-5-10(19-2)11-9(6-15-12(8)11)13(17)14(18)20-3/h4-6,15H,1-3H3. The molecular weight excluding hydrogens is 262 g/mol. The average Bonchev–Trinajstić information content (AvgIpc) is 2.89. The van der Waals surface area contributed by atoms with Crippen LogP contribution in [0.5, 0.6) is 5.75 Å². The summed E-state index contributed by atoms with van der Waals surface area (Å²) in [6.07, 6.45) is 1.37. The van der Waals surface area contributed by atoms with Crippen molar-refractivity contribution in [3.8, 4) is 5.75 Å². The molecule has 2 rings (SSSR count). The van der Waals surface area contributed by atoms with E-state index in [-0.39, 0.29) is 11.3 Å². The third-order valence-electron chi connectivity index (χ3n) is 3.01. The molecule has 0 unspecified atom stereocenters. The number of carbonyl (C=O) groups is 3. The topological polar surface area (TPSA) is 85.5 Å². The van der Waals surface area contributed by atoms with Crippen LogP contribution in [-0.2, 0) is 9.53 Å². The molecule has 0 aliphatic rings. The molecule has 0 atom stereocenters. The highest BCUT2D eigenvalue weighted by molar-refractivity contribution is 6.43. The third-order valence-corrected chi connectivity index (χ3v) is 3.01. The Bertz CT molecular complexity index is 714. The first-order chi connectivity index (χ1) is 9.51. The highest BCUT2D eigenvalue weighted by Crippen LogP contribution is 2.31. The van der Waals surface area contributed by atoms with Gasteiger partial charge in [-0.05, 0) is 19.1 Å². The molecule has 1 aromatic heterocycles. The summed E-state index contributed by atoms with van der Waals surface area (Å²) in [5.74, 6) is -1.52. The monoisotopic (exact) mass is 275 g/mol. The van der Waals surface area contributed by atoms with Gasteiger partial charge in [0, 0.05) is 11.8 Å². The lowest BCUT2D eigenvalue weighted by Gasteiger charge is -2.06. The molecule has 0 saturated heterocycles. The van der Waals surface area contributed by atoms with Gasteiger partial charge in [0.2, 0.25) is 0 Å². The SMILES string of the molecule is COC(=O)C(=O)c1c[nH]c2c(C(C)=O)ccc(OC)c12. The van der Waals surface area contributed by atoms with E-state index in [0.29, 0.717) is 22.2 Å². The summed E-state index contributed by atoms with van der Waals surface area (Å²) in [6.45, 7) is 1.42. The zero-order valence-electron chi connectivity index (χ0n) is 11.3. The average molecular weight is 275 g/mol. The Hall–Kier alpha value is -2.63. The van der Waals surface area contributed by atoms with Crippen molar-refractivity contribution in [2.75, 3.05) is 14.2 Å². The first-order valence-electron chi connectivity index (χ1n) is 5.83. The van der Waals surface area contributed by atoms with E-state index in [1.807, 2.05) is 0 Å². The van der Waals surface area contributed by atoms with Crippen LogP contribution in [0.1, 0.15) is 27.6 Å². The van der Waals surface area contributed by atoms with Crippen molar-refractivity contribution in [2.24, 2.45) is 0 Å². The number of carbonyl (C=O) groups excluding carboxylic acids is 3. The molecule has 0 amide bonds. The van der Waals surface area contributed by atoms with E-state index < -0.39 is 11.8 Å². The number of esters is 1. The molecule has 0 aliphatic heterocycles. The summed E-state index contributed by atoms with van der Waals surface area (Å²) in [6, 6.07) is 3.19. The lowest BCUT2D eigenvalue weighted by molar-refractivity contribution is -0.135. The minimum atomic E-state index is -0.971. The predicted octanol–water partition coefficient (Wildman–Crippen LogP) is 1.73. The van der Waals surface area contributed by atoms with Gasteiger partial charge in [-0.3, -0.25) is 9.59 Å². The fraction of sp³-hybridized carbons (Fsp3) is 0.214. The van der Waals surface area contributed by atoms with Crippen LogP contribution in [0.2, 0.25) is 0 Å². The minimum Gasteiger partial charge on any atom is -0.496 e. The lowest BCUT2D eigenvalue weighted by Crippen LogP contribution is -2.15. The molecule has 1 aromatic carbocycles. The van der Waals surface area contributed by atoms with Gasteiger partial charge < -0.3 is 14.5 Å². The second-order valence-corrected chi connectivity index (χ2v) is 4.14. The molecule has 6 nitrogen and oxygen atoms in total. The van der Waals surface area contributed by atoms with E-state index in [1.54, 1.807) is 12.1 Å². The highest BCUT2D eigenvalue weighted by atomic mass is 16.5. The highest BCUT2D eigenvalue weighted by Gasteiger charge is 2.24. The number of ether oxygens (including phenoxy) is 2. The Kier molecular flexibility index (Phi) is 3.56. The van der Waals surface area contributed by atoms with Crippen LogP contribution < -0.4 is 4.74 Å². The number of methoxy groups -OCH3 is 2. The van der Waals surface area contributed by atoms with Crippen LogP contribution >= 0.6 is 0 Å². The molecule has 104 valence electrons. The van der Waals surface area contributed by atoms with Crippen LogP contribution in [0.15, 0.2) is 18.3 Å². The van der Waals surface area contributed by atoms with Gasteiger partial charge in [0.05, 0.1) is 30.7 Å². The van der Waals surface area contributed by atoms with Crippen molar-refractivity contribution in [1.82, 2.24) is 4.98 Å². The number of fused-ring (bicyclic) bond motifs is 1. The largest absolute Gasteiger partial charge is 0.496 e. The second kappa shape index (κ2) is 5.16. The van der Waals surface area contributed by atoms with E-state index in [1.165, 1.54) is 20.2 Å². The van der Waals surface area contributed by atoms with Crippen molar-refractivity contribution >= 4 is 28.4 Å². The first kappa shape index (κ1) is 13.8. The first-order valence-corrected chi connectivity index (χ1v) is 5.83. The second-order valence-electron chi connectivity index (χ2n) is 4.14. The molecule has 6 heteroatoms. The molecule has 20 heavy (non-hydrogen) atoms. The third kappa shape index (κ3) is 2.05. The Balaban J connectivity index is 2.75. The van der Waals surface area contributed by atoms with Crippen LogP contribution in [0.4, 0.5) is 0 Å². The number of hydrogen-bond donors (Lipinski definition) is 1. The van der Waals surface area contributed by atoms with Gasteiger partial charge in [-0.25, -0.2) is 4.79 Å². The zero-order chi connectivity index (χ0) is 14.9. The van der Waals surface area contributed by atoms with Crippen LogP contribution in [0, 0.1) is 0 Å². The number of ketones is 2. The van der Waals surface area contributed by atoms with E-state index in [9.17, 15) is 14.4 Å². The molecule has 0 aliphatic carbocycles. The summed E-state index contributed by atoms with van der Waals surface area (Å²) in [5, 5.41) is 0.399.